The van der Waals surface area contributed by atoms with Crippen LogP contribution in [0.25, 0.3) is 0 Å². The van der Waals surface area contributed by atoms with E-state index in [0.717, 1.165) is 5.56 Å². The summed E-state index contributed by atoms with van der Waals surface area (Å²) < 4.78 is 33.7. The van der Waals surface area contributed by atoms with Crippen molar-refractivity contribution < 1.29 is 17.9 Å². The van der Waals surface area contributed by atoms with Gasteiger partial charge in [-0.25, -0.2) is 8.42 Å². The summed E-state index contributed by atoms with van der Waals surface area (Å²) in [5.41, 5.74) is 0.588. The van der Waals surface area contributed by atoms with E-state index in [4.69, 9.17) is 16.3 Å². The minimum absolute atomic E-state index is 0.120. The highest BCUT2D eigenvalue weighted by Gasteiger charge is 2.30. The van der Waals surface area contributed by atoms with Crippen LogP contribution in [-0.4, -0.2) is 21.4 Å². The van der Waals surface area contributed by atoms with E-state index in [1.807, 2.05) is 30.3 Å². The zero-order chi connectivity index (χ0) is 22.6. The van der Waals surface area contributed by atoms with E-state index < -0.39 is 15.4 Å². The van der Waals surface area contributed by atoms with Gasteiger partial charge in [-0.2, -0.15) is 0 Å². The molecule has 6 nitrogen and oxygen atoms in total. The standard InChI is InChI=1S/C23H23ClN2O4S/c1-23(2,16-9-5-4-6-10-16)22(27)25-17-13-14-20(30-3)21(15-17)31(28,29)26-19-12-8-7-11-18(19)24/h4-15,26H,1-3H3,(H,25,27). The van der Waals surface area contributed by atoms with Gasteiger partial charge in [-0.15, -0.1) is 0 Å². The number of methoxy groups -OCH3 is 1. The molecule has 0 aliphatic heterocycles. The van der Waals surface area contributed by atoms with E-state index in [0.29, 0.717) is 5.69 Å². The number of hydrogen-bond donors (Lipinski definition) is 2. The second-order valence-electron chi connectivity index (χ2n) is 7.40. The average Bonchev–Trinajstić information content (AvgIpc) is 2.75. The van der Waals surface area contributed by atoms with Gasteiger partial charge in [0.05, 0.1) is 23.2 Å². The van der Waals surface area contributed by atoms with E-state index in [1.54, 1.807) is 44.2 Å². The molecule has 1 amide bonds. The second-order valence-corrected chi connectivity index (χ2v) is 9.45. The topological polar surface area (TPSA) is 84.5 Å². The quantitative estimate of drug-likeness (QED) is 0.518. The second kappa shape index (κ2) is 8.99. The number of ether oxygens (including phenoxy) is 1. The van der Waals surface area contributed by atoms with Crippen molar-refractivity contribution in [3.05, 3.63) is 83.4 Å². The number of benzene rings is 3. The van der Waals surface area contributed by atoms with Gasteiger partial charge in [-0.05, 0) is 49.7 Å². The summed E-state index contributed by atoms with van der Waals surface area (Å²) in [5.74, 6) is -0.133. The molecule has 0 heterocycles. The predicted octanol–water partition coefficient (Wildman–Crippen LogP) is 5.07. The van der Waals surface area contributed by atoms with Gasteiger partial charge in [0.2, 0.25) is 5.91 Å². The third kappa shape index (κ3) is 5.00. The number of carbonyl (C=O) groups is 1. The van der Waals surface area contributed by atoms with Crippen LogP contribution in [0.2, 0.25) is 5.02 Å². The molecule has 0 spiro atoms. The molecular formula is C23H23ClN2O4S. The Morgan fingerprint density at radius 3 is 2.26 bits per heavy atom. The first-order valence-corrected chi connectivity index (χ1v) is 11.3. The summed E-state index contributed by atoms with van der Waals surface area (Å²) >= 11 is 6.08. The van der Waals surface area contributed by atoms with Crippen LogP contribution in [-0.2, 0) is 20.2 Å². The number of para-hydroxylation sites is 1. The van der Waals surface area contributed by atoms with E-state index in [9.17, 15) is 13.2 Å². The molecule has 0 bridgehead atoms. The molecule has 8 heteroatoms. The molecule has 0 unspecified atom stereocenters. The van der Waals surface area contributed by atoms with Gasteiger partial charge in [0.25, 0.3) is 10.0 Å². The molecule has 0 aromatic heterocycles. The highest BCUT2D eigenvalue weighted by atomic mass is 35.5. The van der Waals surface area contributed by atoms with Crippen LogP contribution < -0.4 is 14.8 Å². The zero-order valence-corrected chi connectivity index (χ0v) is 18.9. The first-order valence-electron chi connectivity index (χ1n) is 9.47. The first-order chi connectivity index (χ1) is 14.6. The summed E-state index contributed by atoms with van der Waals surface area (Å²) in [4.78, 5) is 12.8. The molecule has 3 aromatic rings. The molecule has 0 aliphatic rings. The molecule has 2 N–H and O–H groups in total. The Labute approximate surface area is 187 Å². The summed E-state index contributed by atoms with van der Waals surface area (Å²) in [6.07, 6.45) is 0. The maximum atomic E-state index is 13.0. The fourth-order valence-electron chi connectivity index (χ4n) is 2.98. The van der Waals surface area contributed by atoms with Gasteiger partial charge in [0.15, 0.2) is 0 Å². The normalized spacial score (nSPS) is 11.6. The monoisotopic (exact) mass is 458 g/mol. The van der Waals surface area contributed by atoms with Crippen molar-refractivity contribution in [2.24, 2.45) is 0 Å². The molecule has 0 atom stereocenters. The van der Waals surface area contributed by atoms with Crippen molar-refractivity contribution in [1.82, 2.24) is 0 Å². The molecule has 0 saturated carbocycles. The number of rotatable bonds is 7. The average molecular weight is 459 g/mol. The molecule has 3 rings (SSSR count). The van der Waals surface area contributed by atoms with Crippen molar-refractivity contribution in [3.8, 4) is 5.75 Å². The molecule has 162 valence electrons. The van der Waals surface area contributed by atoms with Crippen LogP contribution in [0.15, 0.2) is 77.7 Å². The van der Waals surface area contributed by atoms with Crippen LogP contribution in [0.3, 0.4) is 0 Å². The number of sulfonamides is 1. The van der Waals surface area contributed by atoms with Crippen LogP contribution in [0, 0.1) is 0 Å². The Morgan fingerprint density at radius 2 is 1.61 bits per heavy atom. The van der Waals surface area contributed by atoms with Crippen molar-refractivity contribution in [3.63, 3.8) is 0 Å². The molecule has 0 saturated heterocycles. The van der Waals surface area contributed by atoms with Gasteiger partial charge in [-0.1, -0.05) is 54.1 Å². The predicted molar refractivity (Wildman–Crippen MR) is 123 cm³/mol. The highest BCUT2D eigenvalue weighted by Crippen LogP contribution is 2.32. The summed E-state index contributed by atoms with van der Waals surface area (Å²) in [7, 11) is -2.66. The number of hydrogen-bond acceptors (Lipinski definition) is 4. The largest absolute Gasteiger partial charge is 0.495 e. The van der Waals surface area contributed by atoms with E-state index in [1.165, 1.54) is 19.2 Å². The Hall–Kier alpha value is -3.03. The number of carbonyl (C=O) groups excluding carboxylic acids is 1. The van der Waals surface area contributed by atoms with Gasteiger partial charge < -0.3 is 10.1 Å². The summed E-state index contributed by atoms with van der Waals surface area (Å²) in [6, 6.07) is 20.3. The van der Waals surface area contributed by atoms with Crippen molar-refractivity contribution >= 4 is 38.9 Å². The summed E-state index contributed by atoms with van der Waals surface area (Å²) in [6.45, 7) is 3.61. The van der Waals surface area contributed by atoms with Gasteiger partial charge in [0.1, 0.15) is 10.6 Å². The molecule has 31 heavy (non-hydrogen) atoms. The Balaban J connectivity index is 1.92. The zero-order valence-electron chi connectivity index (χ0n) is 17.3. The fourth-order valence-corrected chi connectivity index (χ4v) is 4.50. The third-order valence-corrected chi connectivity index (χ3v) is 6.61. The summed E-state index contributed by atoms with van der Waals surface area (Å²) in [5, 5.41) is 3.07. The van der Waals surface area contributed by atoms with E-state index >= 15 is 0 Å². The van der Waals surface area contributed by atoms with Crippen LogP contribution >= 0.6 is 11.6 Å². The van der Waals surface area contributed by atoms with Crippen molar-refractivity contribution in [2.45, 2.75) is 24.2 Å². The minimum Gasteiger partial charge on any atom is -0.495 e. The maximum Gasteiger partial charge on any atom is 0.265 e. The van der Waals surface area contributed by atoms with Crippen molar-refractivity contribution in [2.75, 3.05) is 17.1 Å². The van der Waals surface area contributed by atoms with E-state index in [-0.39, 0.29) is 27.3 Å². The number of halogens is 1. The number of amides is 1. The minimum atomic E-state index is -4.04. The lowest BCUT2D eigenvalue weighted by Crippen LogP contribution is -2.34. The number of anilines is 2. The smallest absolute Gasteiger partial charge is 0.265 e. The Morgan fingerprint density at radius 1 is 0.968 bits per heavy atom. The van der Waals surface area contributed by atoms with Crippen LogP contribution in [0.4, 0.5) is 11.4 Å². The molecule has 3 aromatic carbocycles. The van der Waals surface area contributed by atoms with Gasteiger partial charge in [0, 0.05) is 5.69 Å². The SMILES string of the molecule is COc1ccc(NC(=O)C(C)(C)c2ccccc2)cc1S(=O)(=O)Nc1ccccc1Cl. The Bertz CT molecular complexity index is 1200. The lowest BCUT2D eigenvalue weighted by Gasteiger charge is -2.24. The van der Waals surface area contributed by atoms with Crippen LogP contribution in [0.5, 0.6) is 5.75 Å². The number of nitrogens with one attached hydrogen (secondary N) is 2. The van der Waals surface area contributed by atoms with E-state index in [2.05, 4.69) is 10.0 Å². The molecule has 0 radical (unpaired) electrons. The van der Waals surface area contributed by atoms with Gasteiger partial charge in [-0.3, -0.25) is 9.52 Å². The maximum absolute atomic E-state index is 13.0. The first kappa shape index (κ1) is 22.7. The fraction of sp³-hybridized carbons (Fsp3) is 0.174. The third-order valence-electron chi connectivity index (χ3n) is 4.89. The van der Waals surface area contributed by atoms with Crippen molar-refractivity contribution in [1.29, 1.82) is 0 Å². The van der Waals surface area contributed by atoms with Gasteiger partial charge >= 0.3 is 0 Å². The molecule has 0 aliphatic carbocycles. The molecular weight excluding hydrogens is 436 g/mol. The Kier molecular flexibility index (Phi) is 6.57. The highest BCUT2D eigenvalue weighted by molar-refractivity contribution is 7.92. The lowest BCUT2D eigenvalue weighted by atomic mass is 9.83. The molecule has 0 fully saturated rings. The van der Waals surface area contributed by atoms with Crippen LogP contribution in [0.1, 0.15) is 19.4 Å². The lowest BCUT2D eigenvalue weighted by molar-refractivity contribution is -0.120.